The van der Waals surface area contributed by atoms with Crippen molar-refractivity contribution in [1.29, 1.82) is 0 Å². The lowest BCUT2D eigenvalue weighted by molar-refractivity contribution is -0.145. The van der Waals surface area contributed by atoms with Crippen LogP contribution in [0.3, 0.4) is 0 Å². The SMILES string of the molecule is COc1cc(NC(=O)C(C)C(C)C(=O)O)nn1C. The molecule has 2 atom stereocenters. The van der Waals surface area contributed by atoms with Gasteiger partial charge in [0.05, 0.1) is 13.0 Å². The van der Waals surface area contributed by atoms with Gasteiger partial charge in [-0.1, -0.05) is 13.8 Å². The van der Waals surface area contributed by atoms with Crippen LogP contribution in [-0.2, 0) is 16.6 Å². The quantitative estimate of drug-likeness (QED) is 0.808. The smallest absolute Gasteiger partial charge is 0.307 e. The number of aromatic nitrogens is 2. The zero-order valence-electron chi connectivity index (χ0n) is 10.8. The van der Waals surface area contributed by atoms with E-state index in [0.29, 0.717) is 11.7 Å². The number of nitrogens with one attached hydrogen (secondary N) is 1. The van der Waals surface area contributed by atoms with E-state index in [1.807, 2.05) is 0 Å². The summed E-state index contributed by atoms with van der Waals surface area (Å²) in [5.74, 6) is -1.94. The number of anilines is 1. The van der Waals surface area contributed by atoms with Crippen LogP contribution in [0.2, 0.25) is 0 Å². The fraction of sp³-hybridized carbons (Fsp3) is 0.545. The van der Waals surface area contributed by atoms with E-state index in [-0.39, 0.29) is 5.91 Å². The number of hydrogen-bond acceptors (Lipinski definition) is 4. The number of ether oxygens (including phenoxy) is 1. The van der Waals surface area contributed by atoms with Crippen molar-refractivity contribution >= 4 is 17.7 Å². The Balaban J connectivity index is 2.72. The molecule has 1 aromatic heterocycles. The van der Waals surface area contributed by atoms with Crippen LogP contribution < -0.4 is 10.1 Å². The number of methoxy groups -OCH3 is 1. The Kier molecular flexibility index (Phi) is 4.30. The number of carbonyl (C=O) groups is 2. The second-order valence-corrected chi connectivity index (χ2v) is 4.10. The average Bonchev–Trinajstić information content (AvgIpc) is 2.67. The largest absolute Gasteiger partial charge is 0.481 e. The van der Waals surface area contributed by atoms with Crippen LogP contribution in [0.15, 0.2) is 6.07 Å². The third-order valence-electron chi connectivity index (χ3n) is 2.85. The second kappa shape index (κ2) is 5.52. The van der Waals surface area contributed by atoms with Crippen molar-refractivity contribution in [3.63, 3.8) is 0 Å². The Morgan fingerprint density at radius 3 is 2.50 bits per heavy atom. The molecule has 0 aliphatic carbocycles. The van der Waals surface area contributed by atoms with Crippen LogP contribution in [-0.4, -0.2) is 33.9 Å². The maximum atomic E-state index is 11.8. The first-order valence-electron chi connectivity index (χ1n) is 5.48. The van der Waals surface area contributed by atoms with Crippen molar-refractivity contribution in [3.8, 4) is 5.88 Å². The Bertz CT molecular complexity index is 455. The molecular weight excluding hydrogens is 238 g/mol. The number of carbonyl (C=O) groups excluding carboxylic acids is 1. The Hall–Kier alpha value is -2.05. The molecule has 0 saturated heterocycles. The van der Waals surface area contributed by atoms with E-state index in [1.54, 1.807) is 20.0 Å². The molecule has 1 heterocycles. The summed E-state index contributed by atoms with van der Waals surface area (Å²) >= 11 is 0. The van der Waals surface area contributed by atoms with Gasteiger partial charge in [0.15, 0.2) is 5.82 Å². The number of aryl methyl sites for hydroxylation is 1. The molecule has 7 heteroatoms. The maximum absolute atomic E-state index is 11.8. The van der Waals surface area contributed by atoms with E-state index < -0.39 is 17.8 Å². The monoisotopic (exact) mass is 255 g/mol. The number of carboxylic acids is 1. The molecule has 0 aromatic carbocycles. The zero-order chi connectivity index (χ0) is 13.9. The fourth-order valence-electron chi connectivity index (χ4n) is 1.38. The lowest BCUT2D eigenvalue weighted by atomic mass is 9.95. The van der Waals surface area contributed by atoms with Crippen LogP contribution in [0.1, 0.15) is 13.8 Å². The molecule has 1 aromatic rings. The molecule has 0 spiro atoms. The first-order valence-corrected chi connectivity index (χ1v) is 5.48. The highest BCUT2D eigenvalue weighted by atomic mass is 16.5. The number of hydrogen-bond donors (Lipinski definition) is 2. The molecule has 0 aliphatic rings. The van der Waals surface area contributed by atoms with E-state index in [4.69, 9.17) is 9.84 Å². The summed E-state index contributed by atoms with van der Waals surface area (Å²) < 4.78 is 6.48. The summed E-state index contributed by atoms with van der Waals surface area (Å²) in [5.41, 5.74) is 0. The summed E-state index contributed by atoms with van der Waals surface area (Å²) in [7, 11) is 3.18. The van der Waals surface area contributed by atoms with Crippen molar-refractivity contribution in [2.45, 2.75) is 13.8 Å². The van der Waals surface area contributed by atoms with Crippen LogP contribution in [0.5, 0.6) is 5.88 Å². The van der Waals surface area contributed by atoms with E-state index >= 15 is 0 Å². The molecule has 100 valence electrons. The van der Waals surface area contributed by atoms with E-state index in [0.717, 1.165) is 0 Å². The van der Waals surface area contributed by atoms with E-state index in [2.05, 4.69) is 10.4 Å². The number of nitrogens with zero attached hydrogens (tertiary/aromatic N) is 2. The molecule has 2 N–H and O–H groups in total. The third kappa shape index (κ3) is 2.99. The summed E-state index contributed by atoms with van der Waals surface area (Å²) in [6, 6.07) is 1.57. The topological polar surface area (TPSA) is 93.4 Å². The van der Waals surface area contributed by atoms with Crippen molar-refractivity contribution < 1.29 is 19.4 Å². The zero-order valence-corrected chi connectivity index (χ0v) is 10.8. The van der Waals surface area contributed by atoms with Gasteiger partial charge in [-0.25, -0.2) is 4.68 Å². The lowest BCUT2D eigenvalue weighted by Gasteiger charge is -2.14. The van der Waals surface area contributed by atoms with Gasteiger partial charge in [-0.3, -0.25) is 9.59 Å². The summed E-state index contributed by atoms with van der Waals surface area (Å²) in [6.45, 7) is 3.06. The highest BCUT2D eigenvalue weighted by molar-refractivity contribution is 5.94. The molecule has 0 saturated carbocycles. The molecule has 18 heavy (non-hydrogen) atoms. The highest BCUT2D eigenvalue weighted by Gasteiger charge is 2.26. The van der Waals surface area contributed by atoms with Crippen LogP contribution in [0.25, 0.3) is 0 Å². The van der Waals surface area contributed by atoms with Gasteiger partial charge in [0.25, 0.3) is 0 Å². The average molecular weight is 255 g/mol. The van der Waals surface area contributed by atoms with Gasteiger partial charge < -0.3 is 15.2 Å². The molecular formula is C11H17N3O4. The van der Waals surface area contributed by atoms with Crippen LogP contribution in [0, 0.1) is 11.8 Å². The molecule has 0 radical (unpaired) electrons. The van der Waals surface area contributed by atoms with Crippen LogP contribution in [0.4, 0.5) is 5.82 Å². The molecule has 2 unspecified atom stereocenters. The molecule has 0 fully saturated rings. The number of carboxylic acid groups (broad SMARTS) is 1. The Morgan fingerprint density at radius 1 is 1.44 bits per heavy atom. The molecule has 1 amide bonds. The summed E-state index contributed by atoms with van der Waals surface area (Å²) in [5, 5.41) is 15.4. The summed E-state index contributed by atoms with van der Waals surface area (Å²) in [6.07, 6.45) is 0. The third-order valence-corrected chi connectivity index (χ3v) is 2.85. The number of amides is 1. The van der Waals surface area contributed by atoms with Crippen molar-refractivity contribution in [2.75, 3.05) is 12.4 Å². The minimum absolute atomic E-state index is 0.337. The van der Waals surface area contributed by atoms with Crippen molar-refractivity contribution in [1.82, 2.24) is 9.78 Å². The van der Waals surface area contributed by atoms with E-state index in [9.17, 15) is 9.59 Å². The first kappa shape index (κ1) is 14.0. The number of aliphatic carboxylic acids is 1. The van der Waals surface area contributed by atoms with E-state index in [1.165, 1.54) is 18.7 Å². The summed E-state index contributed by atoms with van der Waals surface area (Å²) in [4.78, 5) is 22.6. The first-order chi connectivity index (χ1) is 8.36. The van der Waals surface area contributed by atoms with Crippen molar-refractivity contribution in [3.05, 3.63) is 6.07 Å². The van der Waals surface area contributed by atoms with Gasteiger partial charge in [-0.15, -0.1) is 0 Å². The standard InChI is InChI=1S/C11H17N3O4/c1-6(7(2)11(16)17)10(15)12-8-5-9(18-4)14(3)13-8/h5-7H,1-4H3,(H,16,17)(H,12,13,15). The predicted octanol–water partition coefficient (Wildman–Crippen LogP) is 0.724. The van der Waals surface area contributed by atoms with Crippen LogP contribution >= 0.6 is 0 Å². The fourth-order valence-corrected chi connectivity index (χ4v) is 1.38. The van der Waals surface area contributed by atoms with Gasteiger partial charge in [-0.05, 0) is 0 Å². The molecule has 7 nitrogen and oxygen atoms in total. The normalized spacial score (nSPS) is 13.8. The minimum Gasteiger partial charge on any atom is -0.481 e. The van der Waals surface area contributed by atoms with Gasteiger partial charge in [0.1, 0.15) is 0 Å². The molecule has 0 bridgehead atoms. The lowest BCUT2D eigenvalue weighted by Crippen LogP contribution is -2.30. The Labute approximate surface area is 105 Å². The van der Waals surface area contributed by atoms with Gasteiger partial charge in [-0.2, -0.15) is 5.10 Å². The second-order valence-electron chi connectivity index (χ2n) is 4.10. The van der Waals surface area contributed by atoms with Crippen molar-refractivity contribution in [2.24, 2.45) is 18.9 Å². The van der Waals surface area contributed by atoms with Gasteiger partial charge in [0, 0.05) is 19.0 Å². The van der Waals surface area contributed by atoms with Gasteiger partial charge >= 0.3 is 5.97 Å². The van der Waals surface area contributed by atoms with Gasteiger partial charge in [0.2, 0.25) is 11.8 Å². The predicted molar refractivity (Wildman–Crippen MR) is 64.4 cm³/mol. The Morgan fingerprint density at radius 2 is 2.06 bits per heavy atom. The highest BCUT2D eigenvalue weighted by Crippen LogP contribution is 2.18. The molecule has 1 rings (SSSR count). The number of rotatable bonds is 5. The minimum atomic E-state index is -1.00. The maximum Gasteiger partial charge on any atom is 0.307 e. The molecule has 0 aliphatic heterocycles.